The van der Waals surface area contributed by atoms with E-state index in [-0.39, 0.29) is 38.9 Å². The number of nitrogens with two attached hydrogens (primary N) is 1. The Morgan fingerprint density at radius 1 is 1.35 bits per heavy atom. The maximum Gasteiger partial charge on any atom is 0.323 e. The zero-order chi connectivity index (χ0) is 19.5. The summed E-state index contributed by atoms with van der Waals surface area (Å²) in [5, 5.41) is 0.184. The first-order valence-electron chi connectivity index (χ1n) is 7.17. The number of esters is 1. The Kier molecular flexibility index (Phi) is 6.75. The van der Waals surface area contributed by atoms with Crippen molar-refractivity contribution in [2.45, 2.75) is 23.9 Å². The van der Waals surface area contributed by atoms with Crippen LogP contribution in [0.3, 0.4) is 0 Å². The number of aryl methyl sites for hydroxylation is 1. The summed E-state index contributed by atoms with van der Waals surface area (Å²) in [5.41, 5.74) is 5.67. The summed E-state index contributed by atoms with van der Waals surface area (Å²) in [4.78, 5) is 15.6. The topological polar surface area (TPSA) is 116 Å². The maximum absolute atomic E-state index is 12.6. The number of benzene rings is 1. The second kappa shape index (κ2) is 8.45. The molecule has 0 saturated carbocycles. The molecule has 8 nitrogen and oxygen atoms in total. The minimum Gasteiger partial charge on any atom is -0.468 e. The number of carbonyl (C=O) groups is 1. The average molecular weight is 442 g/mol. The van der Waals surface area contributed by atoms with Crippen LogP contribution in [0.2, 0.25) is 15.3 Å². The lowest BCUT2D eigenvalue weighted by Gasteiger charge is -2.17. The van der Waals surface area contributed by atoms with Crippen LogP contribution < -0.4 is 10.5 Å². The van der Waals surface area contributed by atoms with Crippen molar-refractivity contribution in [2.75, 3.05) is 12.8 Å². The van der Waals surface area contributed by atoms with E-state index >= 15 is 0 Å². The van der Waals surface area contributed by atoms with Crippen molar-refractivity contribution in [3.05, 3.63) is 39.9 Å². The number of halogens is 3. The third-order valence-electron chi connectivity index (χ3n) is 3.47. The Labute approximate surface area is 165 Å². The molecule has 12 heteroatoms. The second-order valence-electron chi connectivity index (χ2n) is 5.18. The second-order valence-corrected chi connectivity index (χ2v) is 8.04. The highest BCUT2D eigenvalue weighted by atomic mass is 35.5. The van der Waals surface area contributed by atoms with Crippen molar-refractivity contribution in [3.8, 4) is 0 Å². The van der Waals surface area contributed by atoms with Gasteiger partial charge in [-0.25, -0.2) is 13.4 Å². The number of ether oxygens (including phenoxy) is 1. The van der Waals surface area contributed by atoms with Crippen LogP contribution in [0.25, 0.3) is 0 Å². The van der Waals surface area contributed by atoms with Crippen molar-refractivity contribution in [3.63, 3.8) is 0 Å². The van der Waals surface area contributed by atoms with Gasteiger partial charge in [-0.05, 0) is 30.2 Å². The Balaban J connectivity index is 2.23. The number of nitrogens with one attached hydrogen (secondary N) is 1. The molecular formula is C14H15Cl3N4O4S. The van der Waals surface area contributed by atoms with Crippen molar-refractivity contribution < 1.29 is 17.9 Å². The molecule has 1 atom stereocenters. The van der Waals surface area contributed by atoms with E-state index < -0.39 is 22.0 Å². The fourth-order valence-electron chi connectivity index (χ4n) is 2.08. The van der Waals surface area contributed by atoms with E-state index in [1.165, 1.54) is 6.20 Å². The maximum atomic E-state index is 12.6. The summed E-state index contributed by atoms with van der Waals surface area (Å²) in [7, 11) is -2.95. The fourth-order valence-corrected chi connectivity index (χ4v) is 4.17. The molecule has 1 heterocycles. The number of methoxy groups -OCH3 is 1. The zero-order valence-corrected chi connectivity index (χ0v) is 16.5. The van der Waals surface area contributed by atoms with Crippen LogP contribution >= 0.6 is 34.8 Å². The molecule has 142 valence electrons. The number of nitrogen functional groups attached to an aromatic ring is 1. The molecule has 0 amide bonds. The minimum absolute atomic E-state index is 0.0160. The summed E-state index contributed by atoms with van der Waals surface area (Å²) in [6.45, 7) is 0.240. The van der Waals surface area contributed by atoms with E-state index in [0.717, 1.165) is 19.2 Å². The highest BCUT2D eigenvalue weighted by Crippen LogP contribution is 2.30. The third kappa shape index (κ3) is 4.80. The lowest BCUT2D eigenvalue weighted by atomic mass is 10.2. The summed E-state index contributed by atoms with van der Waals surface area (Å²) in [6, 6.07) is 1.14. The molecule has 0 aliphatic heterocycles. The molecule has 0 aliphatic carbocycles. The van der Waals surface area contributed by atoms with Crippen LogP contribution in [0.1, 0.15) is 6.42 Å². The third-order valence-corrected chi connectivity index (χ3v) is 5.86. The van der Waals surface area contributed by atoms with Gasteiger partial charge in [-0.2, -0.15) is 4.72 Å². The van der Waals surface area contributed by atoms with Crippen LogP contribution in [0.5, 0.6) is 0 Å². The van der Waals surface area contributed by atoms with E-state index in [2.05, 4.69) is 14.4 Å². The molecule has 0 spiro atoms. The molecule has 0 saturated heterocycles. The van der Waals surface area contributed by atoms with E-state index in [9.17, 15) is 13.2 Å². The molecule has 0 aliphatic rings. The molecule has 1 aromatic carbocycles. The number of anilines is 1. The Hall–Kier alpha value is -1.52. The molecule has 0 radical (unpaired) electrons. The molecule has 0 bridgehead atoms. The van der Waals surface area contributed by atoms with Crippen molar-refractivity contribution in [2.24, 2.45) is 0 Å². The lowest BCUT2D eigenvalue weighted by Crippen LogP contribution is -2.42. The Morgan fingerprint density at radius 2 is 1.96 bits per heavy atom. The number of rotatable bonds is 7. The molecule has 26 heavy (non-hydrogen) atoms. The smallest absolute Gasteiger partial charge is 0.323 e. The number of nitrogens with zero attached hydrogens (tertiary/aromatic N) is 2. The number of hydrogen-bond acceptors (Lipinski definition) is 6. The molecule has 2 aromatic rings. The number of sulfonamides is 1. The molecule has 1 unspecified atom stereocenters. The summed E-state index contributed by atoms with van der Waals surface area (Å²) < 4.78 is 33.7. The molecule has 0 fully saturated rings. The van der Waals surface area contributed by atoms with E-state index in [1.807, 2.05) is 0 Å². The first kappa shape index (κ1) is 20.8. The number of imidazole rings is 1. The van der Waals surface area contributed by atoms with Gasteiger partial charge in [0.2, 0.25) is 15.3 Å². The van der Waals surface area contributed by atoms with Crippen molar-refractivity contribution in [1.82, 2.24) is 14.3 Å². The molecule has 2 rings (SSSR count). The van der Waals surface area contributed by atoms with Gasteiger partial charge in [0.1, 0.15) is 6.04 Å². The van der Waals surface area contributed by atoms with Gasteiger partial charge in [-0.15, -0.1) is 0 Å². The van der Waals surface area contributed by atoms with E-state index in [0.29, 0.717) is 0 Å². The first-order chi connectivity index (χ1) is 12.2. The Morgan fingerprint density at radius 3 is 2.46 bits per heavy atom. The highest BCUT2D eigenvalue weighted by Gasteiger charge is 2.27. The largest absolute Gasteiger partial charge is 0.468 e. The summed E-state index contributed by atoms with van der Waals surface area (Å²) in [6.07, 6.45) is 3.17. The highest BCUT2D eigenvalue weighted by molar-refractivity contribution is 7.89. The van der Waals surface area contributed by atoms with Gasteiger partial charge in [-0.1, -0.05) is 23.2 Å². The van der Waals surface area contributed by atoms with Gasteiger partial charge in [0.05, 0.1) is 27.7 Å². The van der Waals surface area contributed by atoms with Crippen LogP contribution in [0.15, 0.2) is 29.4 Å². The van der Waals surface area contributed by atoms with Crippen molar-refractivity contribution >= 4 is 56.5 Å². The SMILES string of the molecule is COC(=O)C(CCn1ccnc1Cl)NS(=O)(=O)c1cc(Cl)c(N)c(Cl)c1. The van der Waals surface area contributed by atoms with Gasteiger partial charge in [-0.3, -0.25) is 4.79 Å². The van der Waals surface area contributed by atoms with E-state index in [4.69, 9.17) is 40.5 Å². The number of aromatic nitrogens is 2. The van der Waals surface area contributed by atoms with Crippen LogP contribution in [-0.4, -0.2) is 37.1 Å². The first-order valence-corrected chi connectivity index (χ1v) is 9.78. The van der Waals surface area contributed by atoms with Crippen LogP contribution in [0, 0.1) is 0 Å². The number of carbonyl (C=O) groups excluding carboxylic acids is 1. The number of hydrogen-bond donors (Lipinski definition) is 2. The van der Waals surface area contributed by atoms with Gasteiger partial charge in [0.15, 0.2) is 0 Å². The minimum atomic E-state index is -4.11. The fraction of sp³-hybridized carbons (Fsp3) is 0.286. The quantitative estimate of drug-likeness (QED) is 0.503. The van der Waals surface area contributed by atoms with Gasteiger partial charge in [0.25, 0.3) is 0 Å². The molecular weight excluding hydrogens is 427 g/mol. The van der Waals surface area contributed by atoms with Crippen LogP contribution in [-0.2, 0) is 26.1 Å². The monoisotopic (exact) mass is 440 g/mol. The average Bonchev–Trinajstić information content (AvgIpc) is 3.00. The van der Waals surface area contributed by atoms with E-state index in [1.54, 1.807) is 10.8 Å². The summed E-state index contributed by atoms with van der Waals surface area (Å²) >= 11 is 17.6. The molecule has 1 aromatic heterocycles. The lowest BCUT2D eigenvalue weighted by molar-refractivity contribution is -0.142. The van der Waals surface area contributed by atoms with Gasteiger partial charge in [0, 0.05) is 18.9 Å². The zero-order valence-electron chi connectivity index (χ0n) is 13.4. The summed E-state index contributed by atoms with van der Waals surface area (Å²) in [5.74, 6) is -0.752. The van der Waals surface area contributed by atoms with Gasteiger partial charge < -0.3 is 15.0 Å². The normalized spacial score (nSPS) is 12.8. The predicted octanol–water partition coefficient (Wildman–Crippen LogP) is 2.34. The standard InChI is InChI=1S/C14H15Cl3N4O4S/c1-25-13(22)11(2-4-21-5-3-19-14(21)17)20-26(23,24)8-6-9(15)12(18)10(16)7-8/h3,5-7,11,20H,2,4,18H2,1H3. The Bertz CT molecular complexity index is 894. The van der Waals surface area contributed by atoms with Crippen molar-refractivity contribution in [1.29, 1.82) is 0 Å². The van der Waals surface area contributed by atoms with Gasteiger partial charge >= 0.3 is 5.97 Å². The predicted molar refractivity (Wildman–Crippen MR) is 98.9 cm³/mol. The van der Waals surface area contributed by atoms with Crippen LogP contribution in [0.4, 0.5) is 5.69 Å². The molecule has 3 N–H and O–H groups in total.